The maximum absolute atomic E-state index is 14.6. The summed E-state index contributed by atoms with van der Waals surface area (Å²) in [6.07, 6.45) is 3.01. The van der Waals surface area contributed by atoms with E-state index < -0.39 is 17.5 Å². The molecular formula is C28H33F2N5O3. The topological polar surface area (TPSA) is 110 Å². The third-order valence-corrected chi connectivity index (χ3v) is 5.62. The highest BCUT2D eigenvalue weighted by molar-refractivity contribution is 6.05. The van der Waals surface area contributed by atoms with Gasteiger partial charge in [-0.15, -0.1) is 0 Å². The molecular weight excluding hydrogens is 492 g/mol. The fourth-order valence-corrected chi connectivity index (χ4v) is 3.48. The van der Waals surface area contributed by atoms with Crippen LogP contribution in [0.5, 0.6) is 5.75 Å². The summed E-state index contributed by atoms with van der Waals surface area (Å²) in [7, 11) is 1.59. The largest absolute Gasteiger partial charge is 0.486 e. The van der Waals surface area contributed by atoms with Crippen LogP contribution in [0.4, 0.5) is 20.3 Å². The zero-order valence-corrected chi connectivity index (χ0v) is 22.3. The van der Waals surface area contributed by atoms with Crippen LogP contribution in [0.1, 0.15) is 42.3 Å². The number of nitrogens with zero attached hydrogens (tertiary/aromatic N) is 3. The number of hydrogen-bond donors (Lipinski definition) is 2. The first kappa shape index (κ1) is 29.9. The Morgan fingerprint density at radius 3 is 2.53 bits per heavy atom. The van der Waals surface area contributed by atoms with Crippen LogP contribution in [-0.4, -0.2) is 46.9 Å². The van der Waals surface area contributed by atoms with Crippen molar-refractivity contribution in [2.45, 2.75) is 34.1 Å². The Morgan fingerprint density at radius 2 is 1.89 bits per heavy atom. The van der Waals surface area contributed by atoms with Gasteiger partial charge in [-0.1, -0.05) is 33.4 Å². The fraction of sp³-hybridized carbons (Fsp3) is 0.286. The molecule has 10 heteroatoms. The Kier molecular flexibility index (Phi) is 10.9. The summed E-state index contributed by atoms with van der Waals surface area (Å²) >= 11 is 0. The highest BCUT2D eigenvalue weighted by atomic mass is 19.1. The smallest absolute Gasteiger partial charge is 0.258 e. The number of rotatable bonds is 9. The number of aryl methyl sites for hydroxylation is 1. The van der Waals surface area contributed by atoms with Crippen LogP contribution in [0.25, 0.3) is 11.3 Å². The quantitative estimate of drug-likeness (QED) is 0.373. The molecule has 1 heterocycles. The molecule has 2 amide bonds. The molecule has 3 rings (SSSR count). The molecule has 0 atom stereocenters. The molecule has 0 saturated carbocycles. The lowest BCUT2D eigenvalue weighted by molar-refractivity contribution is -0.125. The standard InChI is InChI=1S/C26H27F2N5O3.C2H6/c1-5-16-7-8-18(20(28)11-16)26(35)32-21-13-17(27)12-19(15(21)3)23-24(25(29)31-14-30-23)36-10-9-33(4)22(34)6-2;1-2/h6-8,11-14H,2,5,9-10H2,1,3-4H3,(H,32,35)(H2,29,30,31);1-2H3. The third kappa shape index (κ3) is 7.12. The number of nitrogens with two attached hydrogens (primary N) is 1. The minimum atomic E-state index is -0.719. The number of amides is 2. The number of benzene rings is 2. The zero-order valence-electron chi connectivity index (χ0n) is 22.3. The van der Waals surface area contributed by atoms with Gasteiger partial charge in [-0.2, -0.15) is 0 Å². The first-order valence-electron chi connectivity index (χ1n) is 12.2. The normalized spacial score (nSPS) is 10.2. The number of aromatic nitrogens is 2. The average molecular weight is 526 g/mol. The molecule has 8 nitrogen and oxygen atoms in total. The van der Waals surface area contributed by atoms with Crippen molar-refractivity contribution >= 4 is 23.3 Å². The van der Waals surface area contributed by atoms with Crippen molar-refractivity contribution in [2.75, 3.05) is 31.2 Å². The summed E-state index contributed by atoms with van der Waals surface area (Å²) < 4.78 is 34.9. The van der Waals surface area contributed by atoms with Crippen LogP contribution in [-0.2, 0) is 11.2 Å². The molecule has 0 aliphatic rings. The molecule has 0 fully saturated rings. The van der Waals surface area contributed by atoms with Crippen LogP contribution < -0.4 is 15.8 Å². The third-order valence-electron chi connectivity index (χ3n) is 5.62. The molecule has 3 aromatic rings. The van der Waals surface area contributed by atoms with E-state index in [1.807, 2.05) is 20.8 Å². The van der Waals surface area contributed by atoms with E-state index in [0.717, 1.165) is 11.6 Å². The molecule has 202 valence electrons. The van der Waals surface area contributed by atoms with Crippen molar-refractivity contribution in [3.8, 4) is 17.0 Å². The molecule has 0 radical (unpaired) electrons. The lowest BCUT2D eigenvalue weighted by Gasteiger charge is -2.18. The van der Waals surface area contributed by atoms with Crippen molar-refractivity contribution in [1.82, 2.24) is 14.9 Å². The number of halogens is 2. The number of anilines is 2. The van der Waals surface area contributed by atoms with E-state index in [4.69, 9.17) is 10.5 Å². The monoisotopic (exact) mass is 525 g/mol. The van der Waals surface area contributed by atoms with Gasteiger partial charge in [-0.3, -0.25) is 9.59 Å². The maximum Gasteiger partial charge on any atom is 0.258 e. The second-order valence-electron chi connectivity index (χ2n) is 8.00. The summed E-state index contributed by atoms with van der Waals surface area (Å²) in [6.45, 7) is 11.3. The van der Waals surface area contributed by atoms with Gasteiger partial charge in [0.15, 0.2) is 11.6 Å². The van der Waals surface area contributed by atoms with Gasteiger partial charge in [-0.25, -0.2) is 18.7 Å². The van der Waals surface area contributed by atoms with E-state index in [9.17, 15) is 18.4 Å². The summed E-state index contributed by atoms with van der Waals surface area (Å²) in [5.41, 5.74) is 7.68. The van der Waals surface area contributed by atoms with Gasteiger partial charge >= 0.3 is 0 Å². The summed E-state index contributed by atoms with van der Waals surface area (Å²) in [6, 6.07) is 6.71. The number of ether oxygens (including phenoxy) is 1. The Labute approximate surface area is 221 Å². The van der Waals surface area contributed by atoms with Gasteiger partial charge in [0, 0.05) is 18.3 Å². The Hall–Kier alpha value is -4.34. The van der Waals surface area contributed by atoms with Gasteiger partial charge in [0.25, 0.3) is 5.91 Å². The Morgan fingerprint density at radius 1 is 1.18 bits per heavy atom. The zero-order chi connectivity index (χ0) is 28.4. The molecule has 0 spiro atoms. The predicted molar refractivity (Wildman–Crippen MR) is 145 cm³/mol. The van der Waals surface area contributed by atoms with E-state index in [2.05, 4.69) is 21.9 Å². The van der Waals surface area contributed by atoms with Gasteiger partial charge in [-0.05, 0) is 54.8 Å². The number of hydrogen-bond acceptors (Lipinski definition) is 6. The fourth-order valence-electron chi connectivity index (χ4n) is 3.48. The van der Waals surface area contributed by atoms with Gasteiger partial charge in [0.05, 0.1) is 12.1 Å². The van der Waals surface area contributed by atoms with Crippen molar-refractivity contribution in [3.63, 3.8) is 0 Å². The van der Waals surface area contributed by atoms with Crippen LogP contribution in [0.3, 0.4) is 0 Å². The van der Waals surface area contributed by atoms with E-state index >= 15 is 0 Å². The van der Waals surface area contributed by atoms with Crippen LogP contribution >= 0.6 is 0 Å². The summed E-state index contributed by atoms with van der Waals surface area (Å²) in [5.74, 6) is -2.21. The average Bonchev–Trinajstić information content (AvgIpc) is 2.91. The number of likely N-dealkylation sites (N-methyl/N-ethyl adjacent to an activating group) is 1. The molecule has 38 heavy (non-hydrogen) atoms. The van der Waals surface area contributed by atoms with E-state index in [0.29, 0.717) is 17.5 Å². The van der Waals surface area contributed by atoms with Crippen LogP contribution in [0.2, 0.25) is 0 Å². The lowest BCUT2D eigenvalue weighted by Crippen LogP contribution is -2.29. The molecule has 0 unspecified atom stereocenters. The summed E-state index contributed by atoms with van der Waals surface area (Å²) in [5, 5.41) is 2.58. The molecule has 1 aromatic heterocycles. The lowest BCUT2D eigenvalue weighted by atomic mass is 10.0. The Bertz CT molecular complexity index is 1310. The second-order valence-corrected chi connectivity index (χ2v) is 8.00. The number of carbonyl (C=O) groups excluding carboxylic acids is 2. The number of carbonyl (C=O) groups is 2. The van der Waals surface area contributed by atoms with E-state index in [-0.39, 0.29) is 47.6 Å². The van der Waals surface area contributed by atoms with Gasteiger partial charge in [0.1, 0.15) is 30.3 Å². The molecule has 3 N–H and O–H groups in total. The van der Waals surface area contributed by atoms with Gasteiger partial charge < -0.3 is 20.7 Å². The molecule has 2 aromatic carbocycles. The van der Waals surface area contributed by atoms with Crippen molar-refractivity contribution in [1.29, 1.82) is 0 Å². The van der Waals surface area contributed by atoms with Crippen LogP contribution in [0, 0.1) is 18.6 Å². The van der Waals surface area contributed by atoms with Crippen LogP contribution in [0.15, 0.2) is 49.3 Å². The van der Waals surface area contributed by atoms with Crippen molar-refractivity contribution in [3.05, 3.63) is 77.6 Å². The van der Waals surface area contributed by atoms with Crippen molar-refractivity contribution in [2.24, 2.45) is 0 Å². The SMILES string of the molecule is C=CC(=O)N(C)CCOc1c(N)ncnc1-c1cc(F)cc(NC(=O)c2ccc(CC)cc2F)c1C.CC. The van der Waals surface area contributed by atoms with E-state index in [1.54, 1.807) is 20.0 Å². The van der Waals surface area contributed by atoms with Gasteiger partial charge in [0.2, 0.25) is 5.91 Å². The number of nitrogen functional groups attached to an aromatic ring is 1. The Balaban J connectivity index is 0.00000247. The second kappa shape index (κ2) is 13.8. The highest BCUT2D eigenvalue weighted by Gasteiger charge is 2.20. The molecule has 0 aliphatic heterocycles. The van der Waals surface area contributed by atoms with E-state index in [1.165, 1.54) is 35.5 Å². The molecule has 0 saturated heterocycles. The predicted octanol–water partition coefficient (Wildman–Crippen LogP) is 5.18. The van der Waals surface area contributed by atoms with Crippen molar-refractivity contribution < 1.29 is 23.1 Å². The minimum absolute atomic E-state index is 0.0185. The first-order chi connectivity index (χ1) is 18.2. The number of nitrogens with one attached hydrogen (secondary N) is 1. The molecule has 0 bridgehead atoms. The highest BCUT2D eigenvalue weighted by Crippen LogP contribution is 2.36. The molecule has 0 aliphatic carbocycles. The summed E-state index contributed by atoms with van der Waals surface area (Å²) in [4.78, 5) is 34.0. The minimum Gasteiger partial charge on any atom is -0.486 e. The maximum atomic E-state index is 14.6. The first-order valence-corrected chi connectivity index (χ1v) is 12.2.